The van der Waals surface area contributed by atoms with E-state index in [0.717, 1.165) is 64.2 Å². The summed E-state index contributed by atoms with van der Waals surface area (Å²) in [6.07, 6.45) is 99.5. The quantitative estimate of drug-likeness (QED) is 0.0420. The highest BCUT2D eigenvalue weighted by atomic mass is 16.3. The molecule has 0 aliphatic carbocycles. The molecule has 3 N–H and O–H groups in total. The van der Waals surface area contributed by atoms with Gasteiger partial charge in [0.05, 0.1) is 18.8 Å². The van der Waals surface area contributed by atoms with E-state index in [-0.39, 0.29) is 12.5 Å². The Labute approximate surface area is 481 Å². The zero-order valence-corrected chi connectivity index (χ0v) is 51.7. The van der Waals surface area contributed by atoms with E-state index in [1.165, 1.54) is 270 Å². The van der Waals surface area contributed by atoms with Crippen LogP contribution in [0.25, 0.3) is 0 Å². The molecule has 0 rings (SSSR count). The normalized spacial score (nSPS) is 13.2. The van der Waals surface area contributed by atoms with Gasteiger partial charge in [-0.15, -0.1) is 0 Å². The molecule has 0 bridgehead atoms. The summed E-state index contributed by atoms with van der Waals surface area (Å²) in [7, 11) is 0. The van der Waals surface area contributed by atoms with Crippen LogP contribution in [0, 0.1) is 0 Å². The molecule has 0 aromatic rings. The summed E-state index contributed by atoms with van der Waals surface area (Å²) in [6, 6.07) is -0.642. The second-order valence-corrected chi connectivity index (χ2v) is 23.2. The maximum Gasteiger partial charge on any atom is 0.220 e. The SMILES string of the molecule is CC/C=C\C/C=C\C/C=C\C/C=C\C/C=C\CCCCCCCCCCCCCCCCCCCCCCCCCC(=O)NC(CO)C(O)/C=C/CC/C=C/CCCCCCCCCCCCCCCCCCCCCC. The van der Waals surface area contributed by atoms with Crippen molar-refractivity contribution in [3.05, 3.63) is 85.1 Å². The van der Waals surface area contributed by atoms with E-state index in [0.29, 0.717) is 6.42 Å². The summed E-state index contributed by atoms with van der Waals surface area (Å²) in [6.45, 7) is 4.22. The van der Waals surface area contributed by atoms with Gasteiger partial charge in [-0.2, -0.15) is 0 Å². The number of unbranched alkanes of at least 4 members (excludes halogenated alkanes) is 44. The molecule has 0 aromatic heterocycles. The molecule has 0 heterocycles. The van der Waals surface area contributed by atoms with Gasteiger partial charge in [0, 0.05) is 6.42 Å². The molecule has 0 aliphatic rings. The lowest BCUT2D eigenvalue weighted by molar-refractivity contribution is -0.123. The van der Waals surface area contributed by atoms with Crippen molar-refractivity contribution in [3.63, 3.8) is 0 Å². The van der Waals surface area contributed by atoms with E-state index in [4.69, 9.17) is 0 Å². The molecule has 0 saturated heterocycles. The summed E-state index contributed by atoms with van der Waals surface area (Å²) in [4.78, 5) is 12.5. The molecule has 0 fully saturated rings. The Morgan fingerprint density at radius 1 is 0.325 bits per heavy atom. The number of carbonyl (C=O) groups excluding carboxylic acids is 1. The van der Waals surface area contributed by atoms with E-state index in [1.54, 1.807) is 6.08 Å². The smallest absolute Gasteiger partial charge is 0.220 e. The molecular weight excluding hydrogens is 939 g/mol. The first-order valence-corrected chi connectivity index (χ1v) is 34.3. The van der Waals surface area contributed by atoms with Gasteiger partial charge in [0.25, 0.3) is 0 Å². The number of hydrogen-bond acceptors (Lipinski definition) is 3. The Morgan fingerprint density at radius 2 is 0.584 bits per heavy atom. The summed E-state index contributed by atoms with van der Waals surface area (Å²) in [5, 5.41) is 23.3. The molecule has 0 aliphatic heterocycles. The van der Waals surface area contributed by atoms with Crippen LogP contribution in [-0.4, -0.2) is 34.9 Å². The number of allylic oxidation sites excluding steroid dienone is 13. The number of aliphatic hydroxyl groups excluding tert-OH is 2. The van der Waals surface area contributed by atoms with Crippen molar-refractivity contribution >= 4 is 5.91 Å². The van der Waals surface area contributed by atoms with Crippen LogP contribution in [0.1, 0.15) is 354 Å². The van der Waals surface area contributed by atoms with Crippen LogP contribution in [0.5, 0.6) is 0 Å². The molecule has 2 atom stereocenters. The highest BCUT2D eigenvalue weighted by Crippen LogP contribution is 2.18. The fraction of sp³-hybridized carbons (Fsp3) is 0.795. The molecular formula is C73H133NO3. The molecule has 0 saturated carbocycles. The number of aliphatic hydroxyl groups is 2. The van der Waals surface area contributed by atoms with Gasteiger partial charge in [-0.05, 0) is 77.0 Å². The summed E-state index contributed by atoms with van der Waals surface area (Å²) in [5.74, 6) is -0.0686. The third-order valence-electron chi connectivity index (χ3n) is 15.6. The topological polar surface area (TPSA) is 69.6 Å². The first kappa shape index (κ1) is 74.6. The highest BCUT2D eigenvalue weighted by Gasteiger charge is 2.18. The van der Waals surface area contributed by atoms with Crippen LogP contribution in [0.3, 0.4) is 0 Å². The number of amides is 1. The number of hydrogen-bond donors (Lipinski definition) is 3. The molecule has 0 radical (unpaired) electrons. The van der Waals surface area contributed by atoms with Crippen LogP contribution in [0.2, 0.25) is 0 Å². The minimum absolute atomic E-state index is 0.0686. The fourth-order valence-corrected chi connectivity index (χ4v) is 10.5. The minimum Gasteiger partial charge on any atom is -0.394 e. The number of carbonyl (C=O) groups is 1. The van der Waals surface area contributed by atoms with Crippen LogP contribution in [0.15, 0.2) is 85.1 Å². The first-order chi connectivity index (χ1) is 38.2. The second-order valence-electron chi connectivity index (χ2n) is 23.2. The number of nitrogens with one attached hydrogen (secondary N) is 1. The van der Waals surface area contributed by atoms with Gasteiger partial charge in [-0.25, -0.2) is 0 Å². The Morgan fingerprint density at radius 3 is 0.909 bits per heavy atom. The zero-order valence-electron chi connectivity index (χ0n) is 51.7. The van der Waals surface area contributed by atoms with Crippen LogP contribution >= 0.6 is 0 Å². The lowest BCUT2D eigenvalue weighted by atomic mass is 10.0. The average molecular weight is 1070 g/mol. The molecule has 4 heteroatoms. The van der Waals surface area contributed by atoms with Gasteiger partial charge in [0.1, 0.15) is 0 Å². The predicted octanol–water partition coefficient (Wildman–Crippen LogP) is 23.4. The van der Waals surface area contributed by atoms with Gasteiger partial charge in [0.15, 0.2) is 0 Å². The van der Waals surface area contributed by atoms with E-state index >= 15 is 0 Å². The number of rotatable bonds is 63. The van der Waals surface area contributed by atoms with E-state index < -0.39 is 12.1 Å². The largest absolute Gasteiger partial charge is 0.394 e. The zero-order chi connectivity index (χ0) is 55.5. The Hall–Kier alpha value is -2.43. The first-order valence-electron chi connectivity index (χ1n) is 34.3. The molecule has 448 valence electrons. The maximum absolute atomic E-state index is 12.5. The minimum atomic E-state index is -0.865. The van der Waals surface area contributed by atoms with Crippen molar-refractivity contribution in [2.75, 3.05) is 6.61 Å². The molecule has 0 spiro atoms. The van der Waals surface area contributed by atoms with Crippen LogP contribution in [-0.2, 0) is 4.79 Å². The van der Waals surface area contributed by atoms with Crippen molar-refractivity contribution in [3.8, 4) is 0 Å². The summed E-state index contributed by atoms with van der Waals surface area (Å²) < 4.78 is 0. The Kier molecular flexibility index (Phi) is 65.7. The van der Waals surface area contributed by atoms with Crippen molar-refractivity contribution in [2.45, 2.75) is 366 Å². The van der Waals surface area contributed by atoms with Crippen LogP contribution < -0.4 is 5.32 Å². The lowest BCUT2D eigenvalue weighted by Crippen LogP contribution is -2.45. The van der Waals surface area contributed by atoms with Gasteiger partial charge in [-0.1, -0.05) is 356 Å². The lowest BCUT2D eigenvalue weighted by Gasteiger charge is -2.19. The standard InChI is InChI=1S/C73H133NO3/c1-3-5-7-9-11-13-15-17-19-21-23-25-27-29-31-32-33-34-35-36-37-38-39-40-41-42-43-45-47-49-51-53-55-57-59-61-63-65-67-69-73(77)74-71(70-75)72(76)68-66-64-62-60-58-56-54-52-50-48-46-44-30-28-26-24-22-20-18-16-14-12-10-8-6-4-2/h5,7,11,13,17,19,23,25,29,31,58,60,66,68,71-72,75-76H,3-4,6,8-10,12,14-16,18,20-22,24,26-28,30,32-57,59,61-65,67,69-70H2,1-2H3,(H,74,77)/b7-5-,13-11-,19-17-,25-23-,31-29-,60-58+,68-66+. The third-order valence-corrected chi connectivity index (χ3v) is 15.6. The maximum atomic E-state index is 12.5. The van der Waals surface area contributed by atoms with Crippen molar-refractivity contribution in [2.24, 2.45) is 0 Å². The predicted molar refractivity (Wildman–Crippen MR) is 345 cm³/mol. The Bertz CT molecular complexity index is 1360. The van der Waals surface area contributed by atoms with Gasteiger partial charge in [0.2, 0.25) is 5.91 Å². The van der Waals surface area contributed by atoms with Gasteiger partial charge in [-0.3, -0.25) is 4.79 Å². The second kappa shape index (κ2) is 67.8. The van der Waals surface area contributed by atoms with Crippen molar-refractivity contribution in [1.82, 2.24) is 5.32 Å². The summed E-state index contributed by atoms with van der Waals surface area (Å²) >= 11 is 0. The highest BCUT2D eigenvalue weighted by molar-refractivity contribution is 5.76. The van der Waals surface area contributed by atoms with Gasteiger partial charge >= 0.3 is 0 Å². The monoisotopic (exact) mass is 1070 g/mol. The molecule has 77 heavy (non-hydrogen) atoms. The van der Waals surface area contributed by atoms with E-state index in [9.17, 15) is 15.0 Å². The Balaban J connectivity index is 3.46. The van der Waals surface area contributed by atoms with Gasteiger partial charge < -0.3 is 15.5 Å². The van der Waals surface area contributed by atoms with Crippen molar-refractivity contribution < 1.29 is 15.0 Å². The average Bonchev–Trinajstić information content (AvgIpc) is 3.43. The van der Waals surface area contributed by atoms with Crippen molar-refractivity contribution in [1.29, 1.82) is 0 Å². The molecule has 1 amide bonds. The van der Waals surface area contributed by atoms with E-state index in [2.05, 4.69) is 92.1 Å². The molecule has 0 aromatic carbocycles. The van der Waals surface area contributed by atoms with Crippen LogP contribution in [0.4, 0.5) is 0 Å². The summed E-state index contributed by atoms with van der Waals surface area (Å²) in [5.41, 5.74) is 0. The van der Waals surface area contributed by atoms with E-state index in [1.807, 2.05) is 6.08 Å². The third kappa shape index (κ3) is 64.3. The fourth-order valence-electron chi connectivity index (χ4n) is 10.5. The molecule has 2 unspecified atom stereocenters. The molecule has 4 nitrogen and oxygen atoms in total.